The monoisotopic (exact) mass is 374 g/mol. The second-order valence-corrected chi connectivity index (χ2v) is 7.68. The summed E-state index contributed by atoms with van der Waals surface area (Å²) >= 11 is 0. The van der Waals surface area contributed by atoms with Crippen molar-refractivity contribution in [2.24, 2.45) is 0 Å². The van der Waals surface area contributed by atoms with Crippen molar-refractivity contribution in [2.45, 2.75) is 13.8 Å². The van der Waals surface area contributed by atoms with E-state index < -0.39 is 0 Å². The van der Waals surface area contributed by atoms with E-state index in [1.54, 1.807) is 6.33 Å². The van der Waals surface area contributed by atoms with E-state index in [2.05, 4.69) is 90.5 Å². The summed E-state index contributed by atoms with van der Waals surface area (Å²) in [6.45, 7) is 4.26. The molecule has 0 aliphatic heterocycles. The van der Waals surface area contributed by atoms with Gasteiger partial charge in [-0.25, -0.2) is 9.97 Å². The first-order valence-corrected chi connectivity index (χ1v) is 9.75. The minimum Gasteiger partial charge on any atom is -0.451 e. The number of hydrogen-bond acceptors (Lipinski definition) is 3. The lowest BCUT2D eigenvalue weighted by molar-refractivity contribution is 0.670. The van der Waals surface area contributed by atoms with Crippen molar-refractivity contribution in [3.05, 3.63) is 84.2 Å². The Morgan fingerprint density at radius 2 is 1.52 bits per heavy atom. The van der Waals surface area contributed by atoms with Crippen LogP contribution in [0.5, 0.6) is 0 Å². The molecule has 3 nitrogen and oxygen atoms in total. The molecule has 2 heterocycles. The van der Waals surface area contributed by atoms with Crippen LogP contribution in [0, 0.1) is 13.8 Å². The Kier molecular flexibility index (Phi) is 3.30. The lowest BCUT2D eigenvalue weighted by atomic mass is 10.0. The number of rotatable bonds is 1. The van der Waals surface area contributed by atoms with Crippen LogP contribution in [-0.4, -0.2) is 9.97 Å². The van der Waals surface area contributed by atoms with E-state index >= 15 is 0 Å². The second kappa shape index (κ2) is 5.89. The maximum atomic E-state index is 6.45. The van der Waals surface area contributed by atoms with Gasteiger partial charge in [0, 0.05) is 16.3 Å². The van der Waals surface area contributed by atoms with Crippen molar-refractivity contribution >= 4 is 43.6 Å². The molecule has 0 unspecified atom stereocenters. The first-order valence-electron chi connectivity index (χ1n) is 9.75. The van der Waals surface area contributed by atoms with E-state index in [9.17, 15) is 0 Å². The largest absolute Gasteiger partial charge is 0.451 e. The van der Waals surface area contributed by atoms with Gasteiger partial charge in [0.1, 0.15) is 23.1 Å². The normalized spacial score (nSPS) is 11.8. The zero-order valence-corrected chi connectivity index (χ0v) is 16.2. The molecular weight excluding hydrogens is 356 g/mol. The minimum absolute atomic E-state index is 0.740. The van der Waals surface area contributed by atoms with Crippen molar-refractivity contribution in [3.8, 4) is 11.3 Å². The topological polar surface area (TPSA) is 38.9 Å². The van der Waals surface area contributed by atoms with Crippen molar-refractivity contribution < 1.29 is 4.42 Å². The highest BCUT2D eigenvalue weighted by molar-refractivity contribution is 6.16. The van der Waals surface area contributed by atoms with Crippen molar-refractivity contribution in [1.29, 1.82) is 0 Å². The molecule has 0 saturated carbocycles. The standard InChI is InChI=1S/C26H18N2O/c1-15-11-16(2)20-9-10-21-24-26(29-25(21)22(20)12-15)23(27-14-28-24)19-8-7-17-5-3-4-6-18(17)13-19/h3-14H,1-2H3. The van der Waals surface area contributed by atoms with E-state index in [-0.39, 0.29) is 0 Å². The molecule has 0 amide bonds. The number of furan rings is 1. The number of fused-ring (bicyclic) bond motifs is 6. The molecule has 0 saturated heterocycles. The molecule has 6 aromatic rings. The number of benzene rings is 4. The fourth-order valence-electron chi connectivity index (χ4n) is 4.38. The highest BCUT2D eigenvalue weighted by Gasteiger charge is 2.17. The summed E-state index contributed by atoms with van der Waals surface area (Å²) in [5.41, 5.74) is 6.82. The molecule has 0 aliphatic rings. The Hall–Kier alpha value is -3.72. The van der Waals surface area contributed by atoms with Crippen LogP contribution in [-0.2, 0) is 0 Å². The molecular formula is C26H18N2O. The number of aryl methyl sites for hydroxylation is 2. The predicted molar refractivity (Wildman–Crippen MR) is 119 cm³/mol. The van der Waals surface area contributed by atoms with Gasteiger partial charge in [-0.15, -0.1) is 0 Å². The molecule has 0 atom stereocenters. The van der Waals surface area contributed by atoms with Crippen LogP contribution in [0.4, 0.5) is 0 Å². The third kappa shape index (κ3) is 2.37. The van der Waals surface area contributed by atoms with E-state index in [4.69, 9.17) is 4.42 Å². The van der Waals surface area contributed by atoms with E-state index in [1.807, 2.05) is 0 Å². The average molecular weight is 374 g/mol. The molecule has 0 aliphatic carbocycles. The van der Waals surface area contributed by atoms with E-state index in [0.717, 1.165) is 38.7 Å². The van der Waals surface area contributed by atoms with Gasteiger partial charge in [-0.3, -0.25) is 0 Å². The number of hydrogen-bond donors (Lipinski definition) is 0. The van der Waals surface area contributed by atoms with Gasteiger partial charge in [0.15, 0.2) is 5.58 Å². The van der Waals surface area contributed by atoms with Crippen LogP contribution in [0.15, 0.2) is 77.5 Å². The first kappa shape index (κ1) is 16.3. The summed E-state index contributed by atoms with van der Waals surface area (Å²) in [6, 6.07) is 23.4. The maximum Gasteiger partial charge on any atom is 0.180 e. The molecule has 2 aromatic heterocycles. The summed E-state index contributed by atoms with van der Waals surface area (Å²) in [5.74, 6) is 0. The van der Waals surface area contributed by atoms with Crippen molar-refractivity contribution in [1.82, 2.24) is 9.97 Å². The Balaban J connectivity index is 1.70. The molecule has 6 rings (SSSR count). The van der Waals surface area contributed by atoms with Crippen LogP contribution < -0.4 is 0 Å². The quantitative estimate of drug-likeness (QED) is 0.312. The zero-order chi connectivity index (χ0) is 19.5. The predicted octanol–water partition coefficient (Wildman–Crippen LogP) is 6.97. The van der Waals surface area contributed by atoms with Gasteiger partial charge in [0.25, 0.3) is 0 Å². The summed E-state index contributed by atoms with van der Waals surface area (Å²) < 4.78 is 6.45. The first-order chi connectivity index (χ1) is 14.2. The highest BCUT2D eigenvalue weighted by Crippen LogP contribution is 2.38. The van der Waals surface area contributed by atoms with Crippen LogP contribution in [0.25, 0.3) is 54.9 Å². The van der Waals surface area contributed by atoms with Crippen LogP contribution in [0.3, 0.4) is 0 Å². The minimum atomic E-state index is 0.740. The van der Waals surface area contributed by atoms with Gasteiger partial charge in [-0.2, -0.15) is 0 Å². The summed E-state index contributed by atoms with van der Waals surface area (Å²) in [5, 5.41) is 5.76. The van der Waals surface area contributed by atoms with Gasteiger partial charge in [0.05, 0.1) is 0 Å². The van der Waals surface area contributed by atoms with Crippen molar-refractivity contribution in [3.63, 3.8) is 0 Å². The van der Waals surface area contributed by atoms with Gasteiger partial charge in [0.2, 0.25) is 0 Å². The SMILES string of the molecule is Cc1cc(C)c2ccc3c4ncnc(-c5ccc6ccccc6c5)c4oc3c2c1. The second-order valence-electron chi connectivity index (χ2n) is 7.68. The van der Waals surface area contributed by atoms with Crippen LogP contribution in [0.1, 0.15) is 11.1 Å². The third-order valence-electron chi connectivity index (χ3n) is 5.72. The zero-order valence-electron chi connectivity index (χ0n) is 16.2. The lowest BCUT2D eigenvalue weighted by Crippen LogP contribution is -1.87. The van der Waals surface area contributed by atoms with Gasteiger partial charge in [-0.05, 0) is 53.8 Å². The summed E-state index contributed by atoms with van der Waals surface area (Å²) in [6.07, 6.45) is 1.63. The van der Waals surface area contributed by atoms with Gasteiger partial charge < -0.3 is 4.42 Å². The summed E-state index contributed by atoms with van der Waals surface area (Å²) in [7, 11) is 0. The van der Waals surface area contributed by atoms with Crippen LogP contribution in [0.2, 0.25) is 0 Å². The van der Waals surface area contributed by atoms with Gasteiger partial charge >= 0.3 is 0 Å². The van der Waals surface area contributed by atoms with Crippen LogP contribution >= 0.6 is 0 Å². The van der Waals surface area contributed by atoms with Crippen molar-refractivity contribution in [2.75, 3.05) is 0 Å². The average Bonchev–Trinajstić information content (AvgIpc) is 3.13. The van der Waals surface area contributed by atoms with Gasteiger partial charge in [-0.1, -0.05) is 54.1 Å². The molecule has 3 heteroatoms. The van der Waals surface area contributed by atoms with E-state index in [0.29, 0.717) is 0 Å². The molecule has 0 N–H and O–H groups in total. The smallest absolute Gasteiger partial charge is 0.180 e. The Bertz CT molecular complexity index is 1580. The molecule has 0 bridgehead atoms. The molecule has 4 aromatic carbocycles. The molecule has 0 spiro atoms. The third-order valence-corrected chi connectivity index (χ3v) is 5.72. The highest BCUT2D eigenvalue weighted by atomic mass is 16.3. The van der Waals surface area contributed by atoms with E-state index in [1.165, 1.54) is 27.3 Å². The molecule has 0 fully saturated rings. The maximum absolute atomic E-state index is 6.45. The molecule has 0 radical (unpaired) electrons. The Labute approximate surface area is 167 Å². The fraction of sp³-hybridized carbons (Fsp3) is 0.0769. The number of nitrogens with zero attached hydrogens (tertiary/aromatic N) is 2. The Morgan fingerprint density at radius 1 is 0.690 bits per heavy atom. The molecule has 29 heavy (non-hydrogen) atoms. The lowest BCUT2D eigenvalue weighted by Gasteiger charge is -2.04. The fourth-order valence-corrected chi connectivity index (χ4v) is 4.38. The number of aromatic nitrogens is 2. The summed E-state index contributed by atoms with van der Waals surface area (Å²) in [4.78, 5) is 9.15. The molecule has 138 valence electrons. The Morgan fingerprint density at radius 3 is 2.41 bits per heavy atom.